The van der Waals surface area contributed by atoms with Crippen LogP contribution in [0.25, 0.3) is 0 Å². The van der Waals surface area contributed by atoms with Crippen LogP contribution in [0.2, 0.25) is 0 Å². The van der Waals surface area contributed by atoms with Crippen LogP contribution in [-0.2, 0) is 0 Å². The first-order valence-corrected chi connectivity index (χ1v) is 6.14. The Hall–Kier alpha value is -2.89. The fourth-order valence-corrected chi connectivity index (χ4v) is 1.72. The molecule has 0 aliphatic heterocycles. The second kappa shape index (κ2) is 6.51. The third-order valence-electron chi connectivity index (χ3n) is 2.79. The number of carbonyl (C=O) groups is 1. The highest BCUT2D eigenvalue weighted by molar-refractivity contribution is 5.97. The number of hydrogen-bond acceptors (Lipinski definition) is 5. The van der Waals surface area contributed by atoms with Crippen LogP contribution in [0.3, 0.4) is 0 Å². The van der Waals surface area contributed by atoms with E-state index >= 15 is 0 Å². The van der Waals surface area contributed by atoms with Gasteiger partial charge in [0.15, 0.2) is 12.4 Å². The molecule has 0 saturated carbocycles. The van der Waals surface area contributed by atoms with E-state index in [4.69, 9.17) is 9.47 Å². The number of nitrogens with zero attached hydrogens (tertiary/aromatic N) is 1. The second-order valence-electron chi connectivity index (χ2n) is 4.20. The Labute approximate surface area is 121 Å². The molecule has 108 valence electrons. The van der Waals surface area contributed by atoms with Crippen molar-refractivity contribution in [1.29, 1.82) is 0 Å². The number of Topliss-reactive ketones (excluding diaryl/α,β-unsaturated/α-hetero) is 1. The van der Waals surface area contributed by atoms with Crippen LogP contribution in [0.15, 0.2) is 48.5 Å². The first kappa shape index (κ1) is 14.5. The van der Waals surface area contributed by atoms with Gasteiger partial charge in [0, 0.05) is 23.8 Å². The van der Waals surface area contributed by atoms with Crippen LogP contribution in [0, 0.1) is 10.1 Å². The summed E-state index contributed by atoms with van der Waals surface area (Å²) in [5.74, 6) is 0.782. The summed E-state index contributed by atoms with van der Waals surface area (Å²) in [6, 6.07) is 12.4. The molecule has 0 aliphatic rings. The maximum Gasteiger partial charge on any atom is 0.270 e. The van der Waals surface area contributed by atoms with Gasteiger partial charge in [-0.1, -0.05) is 18.2 Å². The first-order chi connectivity index (χ1) is 10.1. The molecule has 0 atom stereocenters. The molecule has 2 aromatic carbocycles. The van der Waals surface area contributed by atoms with E-state index in [1.165, 1.54) is 31.4 Å². The van der Waals surface area contributed by atoms with Gasteiger partial charge >= 0.3 is 0 Å². The SMILES string of the molecule is COc1cccc(OCC(=O)c2cccc([N+](=O)[O-])c2)c1. The van der Waals surface area contributed by atoms with Gasteiger partial charge in [0.1, 0.15) is 11.5 Å². The van der Waals surface area contributed by atoms with Crippen molar-refractivity contribution in [3.05, 3.63) is 64.2 Å². The lowest BCUT2D eigenvalue weighted by molar-refractivity contribution is -0.384. The lowest BCUT2D eigenvalue weighted by Crippen LogP contribution is -2.11. The molecule has 2 rings (SSSR count). The molecule has 0 amide bonds. The van der Waals surface area contributed by atoms with Crippen LogP contribution in [-0.4, -0.2) is 24.4 Å². The Balaban J connectivity index is 2.04. The zero-order valence-corrected chi connectivity index (χ0v) is 11.3. The van der Waals surface area contributed by atoms with E-state index in [-0.39, 0.29) is 23.6 Å². The highest BCUT2D eigenvalue weighted by Gasteiger charge is 2.12. The number of hydrogen-bond donors (Lipinski definition) is 0. The Kier molecular flexibility index (Phi) is 4.50. The molecule has 0 N–H and O–H groups in total. The van der Waals surface area contributed by atoms with Crippen LogP contribution in [0.4, 0.5) is 5.69 Å². The van der Waals surface area contributed by atoms with E-state index in [2.05, 4.69) is 0 Å². The summed E-state index contributed by atoms with van der Waals surface area (Å²) in [4.78, 5) is 22.1. The summed E-state index contributed by atoms with van der Waals surface area (Å²) < 4.78 is 10.4. The molecule has 6 heteroatoms. The number of benzene rings is 2. The van der Waals surface area contributed by atoms with Crippen LogP contribution >= 0.6 is 0 Å². The molecule has 0 aromatic heterocycles. The molecular formula is C15H13NO5. The fraction of sp³-hybridized carbons (Fsp3) is 0.133. The minimum atomic E-state index is -0.542. The van der Waals surface area contributed by atoms with Gasteiger partial charge in [-0.15, -0.1) is 0 Å². The molecular weight excluding hydrogens is 274 g/mol. The number of nitro groups is 1. The molecule has 21 heavy (non-hydrogen) atoms. The van der Waals surface area contributed by atoms with Crippen LogP contribution in [0.1, 0.15) is 10.4 Å². The van der Waals surface area contributed by atoms with Gasteiger partial charge in [0.05, 0.1) is 12.0 Å². The first-order valence-electron chi connectivity index (χ1n) is 6.14. The summed E-state index contributed by atoms with van der Waals surface area (Å²) >= 11 is 0. The quantitative estimate of drug-likeness (QED) is 0.463. The Morgan fingerprint density at radius 2 is 1.86 bits per heavy atom. The molecule has 0 spiro atoms. The number of methoxy groups -OCH3 is 1. The summed E-state index contributed by atoms with van der Waals surface area (Å²) in [7, 11) is 1.54. The van der Waals surface area contributed by atoms with Crippen LogP contribution < -0.4 is 9.47 Å². The van der Waals surface area contributed by atoms with Gasteiger partial charge in [-0.3, -0.25) is 14.9 Å². The number of ketones is 1. The third kappa shape index (κ3) is 3.79. The average molecular weight is 287 g/mol. The molecule has 0 heterocycles. The van der Waals surface area contributed by atoms with Gasteiger partial charge in [-0.25, -0.2) is 0 Å². The Bertz CT molecular complexity index is 669. The number of nitro benzene ring substituents is 1. The topological polar surface area (TPSA) is 78.7 Å². The monoisotopic (exact) mass is 287 g/mol. The number of non-ortho nitro benzene ring substituents is 1. The maximum absolute atomic E-state index is 12.0. The van der Waals surface area contributed by atoms with E-state index in [0.717, 1.165) is 0 Å². The molecule has 0 unspecified atom stereocenters. The third-order valence-corrected chi connectivity index (χ3v) is 2.79. The summed E-state index contributed by atoms with van der Waals surface area (Å²) in [5, 5.41) is 10.7. The predicted molar refractivity (Wildman–Crippen MR) is 75.9 cm³/mol. The lowest BCUT2D eigenvalue weighted by atomic mass is 10.1. The van der Waals surface area contributed by atoms with Crippen molar-refractivity contribution in [2.75, 3.05) is 13.7 Å². The van der Waals surface area contributed by atoms with Crippen molar-refractivity contribution in [2.45, 2.75) is 0 Å². The highest BCUT2D eigenvalue weighted by Crippen LogP contribution is 2.19. The van der Waals surface area contributed by atoms with Gasteiger partial charge < -0.3 is 9.47 Å². The van der Waals surface area contributed by atoms with E-state index < -0.39 is 4.92 Å². The fourth-order valence-electron chi connectivity index (χ4n) is 1.72. The summed E-state index contributed by atoms with van der Waals surface area (Å²) in [6.45, 7) is -0.200. The summed E-state index contributed by atoms with van der Waals surface area (Å²) in [5.41, 5.74) is 0.120. The van der Waals surface area contributed by atoms with Gasteiger partial charge in [-0.2, -0.15) is 0 Å². The van der Waals surface area contributed by atoms with E-state index in [1.54, 1.807) is 24.3 Å². The molecule has 6 nitrogen and oxygen atoms in total. The number of rotatable bonds is 6. The maximum atomic E-state index is 12.0. The van der Waals surface area contributed by atoms with E-state index in [9.17, 15) is 14.9 Å². The van der Waals surface area contributed by atoms with Crippen molar-refractivity contribution >= 4 is 11.5 Å². The number of ether oxygens (including phenoxy) is 2. The molecule has 0 saturated heterocycles. The largest absolute Gasteiger partial charge is 0.497 e. The average Bonchev–Trinajstić information content (AvgIpc) is 2.53. The molecule has 0 bridgehead atoms. The van der Waals surface area contributed by atoms with Crippen molar-refractivity contribution < 1.29 is 19.2 Å². The smallest absolute Gasteiger partial charge is 0.270 e. The van der Waals surface area contributed by atoms with Gasteiger partial charge in [-0.05, 0) is 12.1 Å². The van der Waals surface area contributed by atoms with Crippen molar-refractivity contribution in [2.24, 2.45) is 0 Å². The number of carbonyl (C=O) groups excluding carboxylic acids is 1. The zero-order chi connectivity index (χ0) is 15.2. The molecule has 0 radical (unpaired) electrons. The predicted octanol–water partition coefficient (Wildman–Crippen LogP) is 2.87. The van der Waals surface area contributed by atoms with E-state index in [1.807, 2.05) is 0 Å². The second-order valence-corrected chi connectivity index (χ2v) is 4.20. The Morgan fingerprint density at radius 1 is 1.14 bits per heavy atom. The molecule has 2 aromatic rings. The zero-order valence-electron chi connectivity index (χ0n) is 11.3. The normalized spacial score (nSPS) is 9.95. The highest BCUT2D eigenvalue weighted by atomic mass is 16.6. The van der Waals surface area contributed by atoms with Crippen molar-refractivity contribution in [3.63, 3.8) is 0 Å². The standard InChI is InChI=1S/C15H13NO5/c1-20-13-6-3-7-14(9-13)21-10-15(17)11-4-2-5-12(8-11)16(18)19/h2-9H,10H2,1H3. The minimum absolute atomic E-state index is 0.123. The van der Waals surface area contributed by atoms with Gasteiger partial charge in [0.25, 0.3) is 5.69 Å². The molecule has 0 fully saturated rings. The molecule has 0 aliphatic carbocycles. The van der Waals surface area contributed by atoms with Crippen molar-refractivity contribution in [1.82, 2.24) is 0 Å². The van der Waals surface area contributed by atoms with Gasteiger partial charge in [0.2, 0.25) is 0 Å². The lowest BCUT2D eigenvalue weighted by Gasteiger charge is -2.07. The van der Waals surface area contributed by atoms with Crippen molar-refractivity contribution in [3.8, 4) is 11.5 Å². The minimum Gasteiger partial charge on any atom is -0.497 e. The van der Waals surface area contributed by atoms with E-state index in [0.29, 0.717) is 11.5 Å². The Morgan fingerprint density at radius 3 is 2.57 bits per heavy atom. The van der Waals surface area contributed by atoms with Crippen LogP contribution in [0.5, 0.6) is 11.5 Å². The summed E-state index contributed by atoms with van der Waals surface area (Å²) in [6.07, 6.45) is 0.